The van der Waals surface area contributed by atoms with Crippen molar-refractivity contribution in [3.8, 4) is 0 Å². The van der Waals surface area contributed by atoms with Crippen LogP contribution in [-0.4, -0.2) is 27.1 Å². The Balaban J connectivity index is 2.13. The van der Waals surface area contributed by atoms with Gasteiger partial charge in [-0.3, -0.25) is 14.8 Å². The summed E-state index contributed by atoms with van der Waals surface area (Å²) >= 11 is 0. The van der Waals surface area contributed by atoms with Crippen LogP contribution in [0.25, 0.3) is 21.8 Å². The monoisotopic (exact) mass is 267 g/mol. The van der Waals surface area contributed by atoms with Crippen molar-refractivity contribution in [2.24, 2.45) is 5.73 Å². The molecule has 5 nitrogen and oxygen atoms in total. The van der Waals surface area contributed by atoms with Crippen LogP contribution in [-0.2, 0) is 11.2 Å². The summed E-state index contributed by atoms with van der Waals surface area (Å²) < 4.78 is 0. The van der Waals surface area contributed by atoms with Gasteiger partial charge in [0.1, 0.15) is 6.04 Å². The fourth-order valence-corrected chi connectivity index (χ4v) is 2.19. The Morgan fingerprint density at radius 2 is 1.85 bits per heavy atom. The predicted octanol–water partition coefficient (Wildman–Crippen LogP) is 1.74. The minimum Gasteiger partial charge on any atom is -0.480 e. The summed E-state index contributed by atoms with van der Waals surface area (Å²) in [7, 11) is 0. The zero-order chi connectivity index (χ0) is 14.1. The first-order valence-corrected chi connectivity index (χ1v) is 6.27. The zero-order valence-electron chi connectivity index (χ0n) is 10.7. The highest BCUT2D eigenvalue weighted by Gasteiger charge is 2.13. The summed E-state index contributed by atoms with van der Waals surface area (Å²) in [5, 5.41) is 10.8. The second-order valence-electron chi connectivity index (χ2n) is 4.66. The molecular formula is C15H13N3O2. The number of nitrogens with zero attached hydrogens (tertiary/aromatic N) is 2. The molecular weight excluding hydrogens is 254 g/mol. The molecule has 5 heteroatoms. The third kappa shape index (κ3) is 2.19. The minimum absolute atomic E-state index is 0.203. The van der Waals surface area contributed by atoms with Gasteiger partial charge in [0.05, 0.1) is 11.0 Å². The second-order valence-corrected chi connectivity index (χ2v) is 4.66. The topological polar surface area (TPSA) is 89.1 Å². The lowest BCUT2D eigenvalue weighted by Crippen LogP contribution is -2.32. The fourth-order valence-electron chi connectivity index (χ4n) is 2.19. The van der Waals surface area contributed by atoms with E-state index in [0.29, 0.717) is 5.69 Å². The number of hydrogen-bond donors (Lipinski definition) is 2. The average Bonchev–Trinajstić information content (AvgIpc) is 2.47. The molecule has 0 fully saturated rings. The summed E-state index contributed by atoms with van der Waals surface area (Å²) in [4.78, 5) is 19.7. The molecule has 0 radical (unpaired) electrons. The summed E-state index contributed by atoms with van der Waals surface area (Å²) in [5.74, 6) is -1.03. The van der Waals surface area contributed by atoms with Gasteiger partial charge < -0.3 is 10.8 Å². The summed E-state index contributed by atoms with van der Waals surface area (Å²) in [5.41, 5.74) is 7.80. The zero-order valence-corrected chi connectivity index (χ0v) is 10.7. The molecule has 0 saturated carbocycles. The van der Waals surface area contributed by atoms with Crippen molar-refractivity contribution in [2.75, 3.05) is 0 Å². The number of rotatable bonds is 3. The normalized spacial score (nSPS) is 12.7. The molecule has 3 rings (SSSR count). The van der Waals surface area contributed by atoms with Gasteiger partial charge in [-0.1, -0.05) is 24.3 Å². The lowest BCUT2D eigenvalue weighted by atomic mass is 10.1. The van der Waals surface area contributed by atoms with E-state index in [2.05, 4.69) is 9.97 Å². The van der Waals surface area contributed by atoms with Gasteiger partial charge in [-0.2, -0.15) is 0 Å². The fraction of sp³-hybridized carbons (Fsp3) is 0.133. The molecule has 20 heavy (non-hydrogen) atoms. The van der Waals surface area contributed by atoms with E-state index in [9.17, 15) is 4.79 Å². The molecule has 0 aliphatic heterocycles. The first kappa shape index (κ1) is 12.5. The maximum absolute atomic E-state index is 10.8. The molecule has 0 amide bonds. The van der Waals surface area contributed by atoms with E-state index in [1.807, 2.05) is 30.3 Å². The maximum Gasteiger partial charge on any atom is 0.320 e. The van der Waals surface area contributed by atoms with E-state index in [4.69, 9.17) is 10.8 Å². The van der Waals surface area contributed by atoms with Crippen molar-refractivity contribution in [3.05, 3.63) is 48.3 Å². The van der Waals surface area contributed by atoms with Crippen LogP contribution in [0.4, 0.5) is 0 Å². The van der Waals surface area contributed by atoms with Gasteiger partial charge in [-0.15, -0.1) is 0 Å². The average molecular weight is 267 g/mol. The van der Waals surface area contributed by atoms with Gasteiger partial charge >= 0.3 is 5.97 Å². The number of carboxylic acids is 1. The van der Waals surface area contributed by atoms with Gasteiger partial charge in [0.25, 0.3) is 0 Å². The highest BCUT2D eigenvalue weighted by molar-refractivity contribution is 6.02. The van der Waals surface area contributed by atoms with Crippen LogP contribution in [0.3, 0.4) is 0 Å². The second kappa shape index (κ2) is 4.86. The van der Waals surface area contributed by atoms with Gasteiger partial charge in [0.15, 0.2) is 0 Å². The van der Waals surface area contributed by atoms with Crippen molar-refractivity contribution in [1.29, 1.82) is 0 Å². The molecule has 1 atom stereocenters. The maximum atomic E-state index is 10.8. The third-order valence-electron chi connectivity index (χ3n) is 3.24. The van der Waals surface area contributed by atoms with Crippen molar-refractivity contribution < 1.29 is 9.90 Å². The lowest BCUT2D eigenvalue weighted by Gasteiger charge is -2.08. The van der Waals surface area contributed by atoms with E-state index in [0.717, 1.165) is 21.8 Å². The Hall–Kier alpha value is -2.53. The van der Waals surface area contributed by atoms with Gasteiger partial charge in [-0.05, 0) is 12.1 Å². The van der Waals surface area contributed by atoms with Crippen molar-refractivity contribution in [2.45, 2.75) is 12.5 Å². The number of hydrogen-bond acceptors (Lipinski definition) is 4. The van der Waals surface area contributed by atoms with Crippen LogP contribution in [0.2, 0.25) is 0 Å². The van der Waals surface area contributed by atoms with E-state index in [1.165, 1.54) is 0 Å². The van der Waals surface area contributed by atoms with Crippen LogP contribution < -0.4 is 5.73 Å². The molecule has 0 saturated heterocycles. The lowest BCUT2D eigenvalue weighted by molar-refractivity contribution is -0.138. The summed E-state index contributed by atoms with van der Waals surface area (Å²) in [6.45, 7) is 0. The van der Waals surface area contributed by atoms with Gasteiger partial charge in [0.2, 0.25) is 0 Å². The van der Waals surface area contributed by atoms with E-state index in [-0.39, 0.29) is 6.42 Å². The first-order valence-electron chi connectivity index (χ1n) is 6.27. The summed E-state index contributed by atoms with van der Waals surface area (Å²) in [6, 6.07) is 10.6. The number of nitrogens with two attached hydrogens (primary N) is 1. The van der Waals surface area contributed by atoms with Crippen LogP contribution in [0.1, 0.15) is 5.69 Å². The minimum atomic E-state index is -1.03. The number of aromatic nitrogens is 2. The van der Waals surface area contributed by atoms with Crippen LogP contribution >= 0.6 is 0 Å². The van der Waals surface area contributed by atoms with E-state index < -0.39 is 12.0 Å². The number of carboxylic acid groups (broad SMARTS) is 1. The quantitative estimate of drug-likeness (QED) is 0.705. The van der Waals surface area contributed by atoms with E-state index >= 15 is 0 Å². The highest BCUT2D eigenvalue weighted by Crippen LogP contribution is 2.22. The Kier molecular flexibility index (Phi) is 3.04. The molecule has 2 aromatic heterocycles. The molecule has 0 aliphatic rings. The molecule has 3 aromatic rings. The van der Waals surface area contributed by atoms with E-state index in [1.54, 1.807) is 12.3 Å². The molecule has 3 N–H and O–H groups in total. The Bertz CT molecular complexity index is 801. The van der Waals surface area contributed by atoms with Crippen molar-refractivity contribution >= 4 is 27.8 Å². The van der Waals surface area contributed by atoms with Crippen molar-refractivity contribution in [1.82, 2.24) is 9.97 Å². The Morgan fingerprint density at radius 3 is 2.60 bits per heavy atom. The SMILES string of the molecule is N[C@@H](Cc1ccc2ccc3cccnc3c2n1)C(=O)O. The molecule has 2 heterocycles. The Morgan fingerprint density at radius 1 is 1.15 bits per heavy atom. The smallest absolute Gasteiger partial charge is 0.320 e. The third-order valence-corrected chi connectivity index (χ3v) is 3.24. The number of fused-ring (bicyclic) bond motifs is 3. The first-order chi connectivity index (χ1) is 9.65. The highest BCUT2D eigenvalue weighted by atomic mass is 16.4. The molecule has 0 unspecified atom stereocenters. The van der Waals surface area contributed by atoms with Gasteiger partial charge in [-0.25, -0.2) is 0 Å². The largest absolute Gasteiger partial charge is 0.480 e. The van der Waals surface area contributed by atoms with Crippen molar-refractivity contribution in [3.63, 3.8) is 0 Å². The number of carbonyl (C=O) groups is 1. The molecule has 100 valence electrons. The summed E-state index contributed by atoms with van der Waals surface area (Å²) in [6.07, 6.45) is 1.92. The van der Waals surface area contributed by atoms with Crippen LogP contribution in [0, 0.1) is 0 Å². The molecule has 0 spiro atoms. The number of aliphatic carboxylic acids is 1. The van der Waals surface area contributed by atoms with Gasteiger partial charge in [0, 0.05) is 29.1 Å². The molecule has 0 aliphatic carbocycles. The number of pyridine rings is 2. The van der Waals surface area contributed by atoms with Crippen LogP contribution in [0.5, 0.6) is 0 Å². The Labute approximate surface area is 115 Å². The molecule has 0 bridgehead atoms. The predicted molar refractivity (Wildman–Crippen MR) is 76.4 cm³/mol. The van der Waals surface area contributed by atoms with Crippen LogP contribution in [0.15, 0.2) is 42.6 Å². The molecule has 1 aromatic carbocycles. The standard InChI is InChI=1S/C15H13N3O2/c16-12(15(19)20)8-11-6-5-10-4-3-9-2-1-7-17-13(9)14(10)18-11/h1-7,12H,8,16H2,(H,19,20)/t12-/m0/s1. The number of benzene rings is 1.